The first-order valence-electron chi connectivity index (χ1n) is 5.54. The third kappa shape index (κ3) is 1.48. The Balaban J connectivity index is 2.08. The Morgan fingerprint density at radius 3 is 2.88 bits per heavy atom. The summed E-state index contributed by atoms with van der Waals surface area (Å²) in [5.74, 6) is 0.783. The van der Waals surface area contributed by atoms with Crippen molar-refractivity contribution in [3.8, 4) is 5.75 Å². The molecule has 0 aliphatic heterocycles. The third-order valence-corrected chi connectivity index (χ3v) is 3.33. The zero-order valence-corrected chi connectivity index (χ0v) is 9.32. The highest BCUT2D eigenvalue weighted by Crippen LogP contribution is 2.38. The minimum Gasteiger partial charge on any atom is -0.493 e. The van der Waals surface area contributed by atoms with E-state index in [4.69, 9.17) is 14.9 Å². The van der Waals surface area contributed by atoms with Gasteiger partial charge in [-0.3, -0.25) is 0 Å². The quantitative estimate of drug-likeness (QED) is 0.859. The molecule has 1 aromatic heterocycles. The van der Waals surface area contributed by atoms with Gasteiger partial charge in [-0.1, -0.05) is 6.07 Å². The van der Waals surface area contributed by atoms with E-state index in [0.29, 0.717) is 0 Å². The van der Waals surface area contributed by atoms with Crippen LogP contribution in [0.3, 0.4) is 0 Å². The Kier molecular flexibility index (Phi) is 1.98. The van der Waals surface area contributed by atoms with Crippen LogP contribution in [0.15, 0.2) is 28.9 Å². The molecule has 1 heterocycles. The average Bonchev–Trinajstić information content (AvgIpc) is 2.82. The lowest BCUT2D eigenvalue weighted by molar-refractivity contribution is 0.410. The van der Waals surface area contributed by atoms with Crippen LogP contribution in [0.2, 0.25) is 0 Å². The Labute approximate surface area is 94.2 Å². The highest BCUT2D eigenvalue weighted by molar-refractivity contribution is 5.86. The number of ether oxygens (including phenoxy) is 1. The molecule has 3 nitrogen and oxygen atoms in total. The van der Waals surface area contributed by atoms with Crippen LogP contribution in [0.4, 0.5) is 0 Å². The van der Waals surface area contributed by atoms with Crippen molar-refractivity contribution in [2.75, 3.05) is 7.11 Å². The molecule has 16 heavy (non-hydrogen) atoms. The number of methoxy groups -OCH3 is 1. The lowest BCUT2D eigenvalue weighted by Crippen LogP contribution is -2.24. The largest absolute Gasteiger partial charge is 0.493 e. The molecule has 2 aromatic rings. The van der Waals surface area contributed by atoms with E-state index in [1.165, 1.54) is 5.56 Å². The second kappa shape index (κ2) is 3.25. The summed E-state index contributed by atoms with van der Waals surface area (Å²) in [4.78, 5) is 0. The van der Waals surface area contributed by atoms with Crippen LogP contribution in [-0.2, 0) is 6.42 Å². The zero-order valence-electron chi connectivity index (χ0n) is 9.32. The molecule has 84 valence electrons. The van der Waals surface area contributed by atoms with Crippen LogP contribution in [0.5, 0.6) is 5.75 Å². The van der Waals surface area contributed by atoms with Gasteiger partial charge in [0.2, 0.25) is 0 Å². The molecule has 0 radical (unpaired) electrons. The van der Waals surface area contributed by atoms with Crippen molar-refractivity contribution in [2.24, 2.45) is 5.73 Å². The van der Waals surface area contributed by atoms with E-state index >= 15 is 0 Å². The standard InChI is InChI=1S/C13H15NO2/c1-15-11-3-2-9(8-13(14)5-6-13)10-4-7-16-12(10)11/h2-4,7H,5-6,8,14H2,1H3. The van der Waals surface area contributed by atoms with Crippen LogP contribution in [0.25, 0.3) is 11.0 Å². The van der Waals surface area contributed by atoms with Crippen LogP contribution in [-0.4, -0.2) is 12.6 Å². The Morgan fingerprint density at radius 1 is 1.38 bits per heavy atom. The van der Waals surface area contributed by atoms with Crippen molar-refractivity contribution in [2.45, 2.75) is 24.8 Å². The van der Waals surface area contributed by atoms with E-state index in [9.17, 15) is 0 Å². The molecule has 1 aliphatic carbocycles. The van der Waals surface area contributed by atoms with Crippen molar-refractivity contribution < 1.29 is 9.15 Å². The summed E-state index contributed by atoms with van der Waals surface area (Å²) < 4.78 is 10.7. The summed E-state index contributed by atoms with van der Waals surface area (Å²) in [6.07, 6.45) is 4.87. The molecule has 1 fully saturated rings. The zero-order chi connectivity index (χ0) is 11.2. The summed E-state index contributed by atoms with van der Waals surface area (Å²) in [6.45, 7) is 0. The number of hydrogen-bond acceptors (Lipinski definition) is 3. The number of rotatable bonds is 3. The average molecular weight is 217 g/mol. The summed E-state index contributed by atoms with van der Waals surface area (Å²) >= 11 is 0. The van der Waals surface area contributed by atoms with E-state index in [1.807, 2.05) is 12.1 Å². The van der Waals surface area contributed by atoms with Gasteiger partial charge in [-0.05, 0) is 37.0 Å². The van der Waals surface area contributed by atoms with Crippen LogP contribution in [0.1, 0.15) is 18.4 Å². The third-order valence-electron chi connectivity index (χ3n) is 3.33. The smallest absolute Gasteiger partial charge is 0.175 e. The number of furan rings is 1. The number of fused-ring (bicyclic) bond motifs is 1. The van der Waals surface area contributed by atoms with Crippen molar-refractivity contribution in [1.29, 1.82) is 0 Å². The summed E-state index contributed by atoms with van der Waals surface area (Å²) in [5.41, 5.74) is 8.25. The van der Waals surface area contributed by atoms with Crippen LogP contribution < -0.4 is 10.5 Å². The molecule has 0 spiro atoms. The summed E-state index contributed by atoms with van der Waals surface area (Å²) in [5, 5.41) is 1.12. The highest BCUT2D eigenvalue weighted by Gasteiger charge is 2.38. The topological polar surface area (TPSA) is 48.4 Å². The van der Waals surface area contributed by atoms with E-state index < -0.39 is 0 Å². The van der Waals surface area contributed by atoms with E-state index in [0.717, 1.165) is 36.0 Å². The monoisotopic (exact) mass is 217 g/mol. The molecule has 0 unspecified atom stereocenters. The Morgan fingerprint density at radius 2 is 2.19 bits per heavy atom. The Hall–Kier alpha value is -1.48. The maximum atomic E-state index is 6.15. The van der Waals surface area contributed by atoms with Gasteiger partial charge >= 0.3 is 0 Å². The van der Waals surface area contributed by atoms with Gasteiger partial charge in [0.1, 0.15) is 0 Å². The second-order valence-corrected chi connectivity index (χ2v) is 4.63. The van der Waals surface area contributed by atoms with E-state index in [1.54, 1.807) is 13.4 Å². The lowest BCUT2D eigenvalue weighted by atomic mass is 10.0. The fraction of sp³-hybridized carbons (Fsp3) is 0.385. The molecule has 0 atom stereocenters. The van der Waals surface area contributed by atoms with Crippen LogP contribution in [0, 0.1) is 0 Å². The Bertz CT molecular complexity index is 526. The van der Waals surface area contributed by atoms with Gasteiger partial charge in [-0.15, -0.1) is 0 Å². The highest BCUT2D eigenvalue weighted by atomic mass is 16.5. The van der Waals surface area contributed by atoms with Gasteiger partial charge in [-0.25, -0.2) is 0 Å². The summed E-state index contributed by atoms with van der Waals surface area (Å²) in [7, 11) is 1.66. The first-order chi connectivity index (χ1) is 7.72. The van der Waals surface area contributed by atoms with Gasteiger partial charge in [0, 0.05) is 10.9 Å². The molecule has 0 amide bonds. The molecule has 1 aromatic carbocycles. The lowest BCUT2D eigenvalue weighted by Gasteiger charge is -2.10. The minimum atomic E-state index is 0.0266. The molecule has 3 rings (SSSR count). The van der Waals surface area contributed by atoms with E-state index in [2.05, 4.69) is 6.07 Å². The van der Waals surface area contributed by atoms with Gasteiger partial charge in [-0.2, -0.15) is 0 Å². The molecule has 2 N–H and O–H groups in total. The second-order valence-electron chi connectivity index (χ2n) is 4.63. The first kappa shape index (κ1) is 9.73. The predicted molar refractivity (Wildman–Crippen MR) is 62.6 cm³/mol. The van der Waals surface area contributed by atoms with Crippen molar-refractivity contribution in [3.63, 3.8) is 0 Å². The molecular weight excluding hydrogens is 202 g/mol. The normalized spacial score (nSPS) is 17.6. The van der Waals surface area contributed by atoms with Crippen molar-refractivity contribution in [1.82, 2.24) is 0 Å². The molecule has 3 heteroatoms. The van der Waals surface area contributed by atoms with Gasteiger partial charge in [0.15, 0.2) is 11.3 Å². The number of benzene rings is 1. The van der Waals surface area contributed by atoms with Gasteiger partial charge in [0.25, 0.3) is 0 Å². The maximum absolute atomic E-state index is 6.15. The van der Waals surface area contributed by atoms with Gasteiger partial charge in [0.05, 0.1) is 13.4 Å². The van der Waals surface area contributed by atoms with Gasteiger partial charge < -0.3 is 14.9 Å². The molecule has 0 saturated heterocycles. The molecule has 1 saturated carbocycles. The molecule has 1 aliphatic rings. The molecular formula is C13H15NO2. The minimum absolute atomic E-state index is 0.0266. The summed E-state index contributed by atoms with van der Waals surface area (Å²) in [6, 6.07) is 6.02. The molecule has 0 bridgehead atoms. The van der Waals surface area contributed by atoms with Crippen molar-refractivity contribution >= 4 is 11.0 Å². The van der Waals surface area contributed by atoms with Crippen LogP contribution >= 0.6 is 0 Å². The SMILES string of the molecule is COc1ccc(CC2(N)CC2)c2ccoc12. The fourth-order valence-corrected chi connectivity index (χ4v) is 2.13. The van der Waals surface area contributed by atoms with Crippen molar-refractivity contribution in [3.05, 3.63) is 30.0 Å². The maximum Gasteiger partial charge on any atom is 0.175 e. The predicted octanol–water partition coefficient (Wildman–Crippen LogP) is 2.48. The number of hydrogen-bond donors (Lipinski definition) is 1. The first-order valence-corrected chi connectivity index (χ1v) is 5.54. The fourth-order valence-electron chi connectivity index (χ4n) is 2.13. The van der Waals surface area contributed by atoms with E-state index in [-0.39, 0.29) is 5.54 Å². The number of nitrogens with two attached hydrogens (primary N) is 1.